The molecule has 3 rings (SSSR count). The average Bonchev–Trinajstić information content (AvgIpc) is 2.86. The minimum absolute atomic E-state index is 0.765. The van der Waals surface area contributed by atoms with Crippen molar-refractivity contribution in [1.29, 1.82) is 0 Å². The summed E-state index contributed by atoms with van der Waals surface area (Å²) in [6.07, 6.45) is 13.9. The fourth-order valence-electron chi connectivity index (χ4n) is 4.19. The molecule has 0 bridgehead atoms. The van der Waals surface area contributed by atoms with E-state index in [1.54, 1.807) is 0 Å². The van der Waals surface area contributed by atoms with Gasteiger partial charge in [0.05, 0.1) is 6.61 Å². The molecule has 0 heterocycles. The predicted molar refractivity (Wildman–Crippen MR) is 96.5 cm³/mol. The third kappa shape index (κ3) is 5.93. The zero-order chi connectivity index (χ0) is 15.7. The lowest BCUT2D eigenvalue weighted by molar-refractivity contribution is 0.0691. The van der Waals surface area contributed by atoms with Gasteiger partial charge in [-0.05, 0) is 50.0 Å². The molecule has 2 heteroatoms. The summed E-state index contributed by atoms with van der Waals surface area (Å²) < 4.78 is 5.94. The molecular formula is C21H33NO. The molecule has 23 heavy (non-hydrogen) atoms. The first-order valence-corrected chi connectivity index (χ1v) is 9.78. The molecule has 0 amide bonds. The van der Waals surface area contributed by atoms with Crippen molar-refractivity contribution >= 4 is 0 Å². The quantitative estimate of drug-likeness (QED) is 0.740. The second-order valence-electron chi connectivity index (χ2n) is 7.57. The van der Waals surface area contributed by atoms with Gasteiger partial charge in [-0.3, -0.25) is 0 Å². The Bertz CT molecular complexity index is 417. The van der Waals surface area contributed by atoms with E-state index in [1.807, 2.05) is 0 Å². The molecule has 0 unspecified atom stereocenters. The SMILES string of the molecule is c1ccc(COCC2CCC(NC3CCCCCC3)CC2)cc1. The zero-order valence-electron chi connectivity index (χ0n) is 14.5. The van der Waals surface area contributed by atoms with Crippen molar-refractivity contribution in [2.45, 2.75) is 82.9 Å². The van der Waals surface area contributed by atoms with Crippen LogP contribution in [-0.2, 0) is 11.3 Å². The second kappa shape index (κ2) is 9.44. The number of hydrogen-bond donors (Lipinski definition) is 1. The Labute approximate surface area is 142 Å². The van der Waals surface area contributed by atoms with Crippen LogP contribution in [0.3, 0.4) is 0 Å². The lowest BCUT2D eigenvalue weighted by atomic mass is 9.86. The van der Waals surface area contributed by atoms with E-state index in [9.17, 15) is 0 Å². The maximum atomic E-state index is 5.94. The summed E-state index contributed by atoms with van der Waals surface area (Å²) in [6.45, 7) is 1.70. The Balaban J connectivity index is 1.30. The van der Waals surface area contributed by atoms with Crippen LogP contribution in [0.1, 0.15) is 69.8 Å². The molecule has 0 aliphatic heterocycles. The molecule has 2 aliphatic rings. The van der Waals surface area contributed by atoms with Crippen LogP contribution in [0.25, 0.3) is 0 Å². The van der Waals surface area contributed by atoms with Gasteiger partial charge in [-0.15, -0.1) is 0 Å². The Morgan fingerprint density at radius 2 is 1.43 bits per heavy atom. The van der Waals surface area contributed by atoms with E-state index in [-0.39, 0.29) is 0 Å². The Hall–Kier alpha value is -0.860. The van der Waals surface area contributed by atoms with Crippen molar-refractivity contribution in [2.24, 2.45) is 5.92 Å². The third-order valence-electron chi connectivity index (χ3n) is 5.64. The lowest BCUT2D eigenvalue weighted by Gasteiger charge is -2.32. The van der Waals surface area contributed by atoms with Crippen LogP contribution in [-0.4, -0.2) is 18.7 Å². The van der Waals surface area contributed by atoms with Gasteiger partial charge in [-0.25, -0.2) is 0 Å². The van der Waals surface area contributed by atoms with Crippen molar-refractivity contribution in [3.63, 3.8) is 0 Å². The fourth-order valence-corrected chi connectivity index (χ4v) is 4.19. The normalized spacial score (nSPS) is 26.8. The Morgan fingerprint density at radius 3 is 2.13 bits per heavy atom. The van der Waals surface area contributed by atoms with E-state index in [0.29, 0.717) is 0 Å². The van der Waals surface area contributed by atoms with E-state index in [0.717, 1.165) is 31.2 Å². The highest BCUT2D eigenvalue weighted by Crippen LogP contribution is 2.26. The van der Waals surface area contributed by atoms with E-state index in [1.165, 1.54) is 69.8 Å². The predicted octanol–water partition coefficient (Wildman–Crippen LogP) is 5.07. The first-order chi connectivity index (χ1) is 11.4. The van der Waals surface area contributed by atoms with Crippen LogP contribution in [0.5, 0.6) is 0 Å². The van der Waals surface area contributed by atoms with E-state index in [2.05, 4.69) is 35.6 Å². The molecule has 1 aromatic rings. The highest BCUT2D eigenvalue weighted by molar-refractivity contribution is 5.13. The molecule has 0 spiro atoms. The molecular weight excluding hydrogens is 282 g/mol. The van der Waals surface area contributed by atoms with Crippen LogP contribution in [0.15, 0.2) is 30.3 Å². The van der Waals surface area contributed by atoms with Crippen molar-refractivity contribution in [2.75, 3.05) is 6.61 Å². The standard InChI is InChI=1S/C21H33NO/c1-2-7-11-20(10-6-1)22-21-14-12-19(13-15-21)17-23-16-18-8-4-3-5-9-18/h3-5,8-9,19-22H,1-2,6-7,10-17H2. The maximum Gasteiger partial charge on any atom is 0.0717 e. The molecule has 128 valence electrons. The summed E-state index contributed by atoms with van der Waals surface area (Å²) in [6, 6.07) is 12.1. The zero-order valence-corrected chi connectivity index (χ0v) is 14.5. The number of rotatable bonds is 6. The van der Waals surface area contributed by atoms with Crippen LogP contribution in [0, 0.1) is 5.92 Å². The topological polar surface area (TPSA) is 21.3 Å². The minimum Gasteiger partial charge on any atom is -0.376 e. The smallest absolute Gasteiger partial charge is 0.0717 e. The van der Waals surface area contributed by atoms with Crippen LogP contribution >= 0.6 is 0 Å². The summed E-state index contributed by atoms with van der Waals surface area (Å²) in [5.74, 6) is 0.769. The van der Waals surface area contributed by atoms with Crippen molar-refractivity contribution in [1.82, 2.24) is 5.32 Å². The van der Waals surface area contributed by atoms with Gasteiger partial charge in [-0.2, -0.15) is 0 Å². The summed E-state index contributed by atoms with van der Waals surface area (Å²) in [4.78, 5) is 0. The van der Waals surface area contributed by atoms with E-state index >= 15 is 0 Å². The van der Waals surface area contributed by atoms with Gasteiger partial charge >= 0.3 is 0 Å². The lowest BCUT2D eigenvalue weighted by Crippen LogP contribution is -2.40. The molecule has 0 aromatic heterocycles. The van der Waals surface area contributed by atoms with Gasteiger partial charge in [0.25, 0.3) is 0 Å². The van der Waals surface area contributed by atoms with Crippen LogP contribution in [0.4, 0.5) is 0 Å². The maximum absolute atomic E-state index is 5.94. The fraction of sp³-hybridized carbons (Fsp3) is 0.714. The molecule has 1 N–H and O–H groups in total. The summed E-state index contributed by atoms with van der Waals surface area (Å²) in [5, 5.41) is 3.96. The van der Waals surface area contributed by atoms with Gasteiger partial charge in [0.1, 0.15) is 0 Å². The monoisotopic (exact) mass is 315 g/mol. The number of ether oxygens (including phenoxy) is 1. The first-order valence-electron chi connectivity index (χ1n) is 9.78. The van der Waals surface area contributed by atoms with Gasteiger partial charge in [0, 0.05) is 18.7 Å². The van der Waals surface area contributed by atoms with Crippen molar-refractivity contribution < 1.29 is 4.74 Å². The minimum atomic E-state index is 0.765. The molecule has 0 saturated heterocycles. The van der Waals surface area contributed by atoms with Crippen molar-refractivity contribution in [3.8, 4) is 0 Å². The average molecular weight is 316 g/mol. The summed E-state index contributed by atoms with van der Waals surface area (Å²) in [7, 11) is 0. The Kier molecular flexibility index (Phi) is 6.97. The van der Waals surface area contributed by atoms with Crippen LogP contribution < -0.4 is 5.32 Å². The van der Waals surface area contributed by atoms with E-state index < -0.39 is 0 Å². The molecule has 2 fully saturated rings. The number of benzene rings is 1. The largest absolute Gasteiger partial charge is 0.376 e. The second-order valence-corrected chi connectivity index (χ2v) is 7.57. The molecule has 0 radical (unpaired) electrons. The summed E-state index contributed by atoms with van der Waals surface area (Å²) >= 11 is 0. The Morgan fingerprint density at radius 1 is 0.783 bits per heavy atom. The molecule has 1 aromatic carbocycles. The molecule has 2 saturated carbocycles. The third-order valence-corrected chi connectivity index (χ3v) is 5.64. The van der Waals surface area contributed by atoms with Gasteiger partial charge < -0.3 is 10.1 Å². The highest BCUT2D eigenvalue weighted by atomic mass is 16.5. The first kappa shape index (κ1) is 17.0. The van der Waals surface area contributed by atoms with E-state index in [4.69, 9.17) is 4.74 Å². The molecule has 2 aliphatic carbocycles. The van der Waals surface area contributed by atoms with Gasteiger partial charge in [0.15, 0.2) is 0 Å². The number of hydrogen-bond acceptors (Lipinski definition) is 2. The highest BCUT2D eigenvalue weighted by Gasteiger charge is 2.23. The molecule has 0 atom stereocenters. The number of nitrogens with one attached hydrogen (secondary N) is 1. The van der Waals surface area contributed by atoms with Gasteiger partial charge in [-0.1, -0.05) is 56.0 Å². The summed E-state index contributed by atoms with van der Waals surface area (Å²) in [5.41, 5.74) is 1.29. The van der Waals surface area contributed by atoms with Gasteiger partial charge in [0.2, 0.25) is 0 Å². The van der Waals surface area contributed by atoms with Crippen molar-refractivity contribution in [3.05, 3.63) is 35.9 Å². The molecule has 2 nitrogen and oxygen atoms in total. The van der Waals surface area contributed by atoms with Crippen LogP contribution in [0.2, 0.25) is 0 Å².